The maximum absolute atomic E-state index is 13.0. The van der Waals surface area contributed by atoms with Crippen molar-refractivity contribution < 1.29 is 14.3 Å². The number of carbonyl (C=O) groups excluding carboxylic acids is 2. The SMILES string of the molecule is COc1ccc(NC(=O)CSc2nc(C)cc(C)c2C(=O)Nc2ccc(C)cc2)cc1. The van der Waals surface area contributed by atoms with Crippen LogP contribution in [0.25, 0.3) is 0 Å². The molecule has 3 rings (SSSR count). The zero-order valence-corrected chi connectivity index (χ0v) is 18.8. The summed E-state index contributed by atoms with van der Waals surface area (Å²) >= 11 is 1.24. The molecule has 0 saturated heterocycles. The highest BCUT2D eigenvalue weighted by Gasteiger charge is 2.18. The van der Waals surface area contributed by atoms with Crippen LogP contribution in [0.15, 0.2) is 59.6 Å². The molecule has 0 spiro atoms. The van der Waals surface area contributed by atoms with E-state index < -0.39 is 0 Å². The van der Waals surface area contributed by atoms with Crippen molar-refractivity contribution in [2.24, 2.45) is 0 Å². The van der Waals surface area contributed by atoms with Crippen molar-refractivity contribution in [1.29, 1.82) is 0 Å². The number of benzene rings is 2. The highest BCUT2D eigenvalue weighted by Crippen LogP contribution is 2.26. The van der Waals surface area contributed by atoms with Gasteiger partial charge in [-0.15, -0.1) is 0 Å². The second-order valence-corrected chi connectivity index (χ2v) is 8.11. The summed E-state index contributed by atoms with van der Waals surface area (Å²) in [5.74, 6) is 0.427. The van der Waals surface area contributed by atoms with E-state index in [0.717, 1.165) is 22.6 Å². The Morgan fingerprint density at radius 2 is 1.55 bits per heavy atom. The number of hydrogen-bond acceptors (Lipinski definition) is 5. The minimum absolute atomic E-state index is 0.132. The molecule has 0 aliphatic rings. The van der Waals surface area contributed by atoms with Crippen molar-refractivity contribution in [2.45, 2.75) is 25.8 Å². The van der Waals surface area contributed by atoms with Gasteiger partial charge in [-0.3, -0.25) is 9.59 Å². The minimum Gasteiger partial charge on any atom is -0.497 e. The second-order valence-electron chi connectivity index (χ2n) is 7.15. The summed E-state index contributed by atoms with van der Waals surface area (Å²) in [6, 6.07) is 16.6. The molecular formula is C24H25N3O3S. The molecule has 0 aliphatic heterocycles. The normalized spacial score (nSPS) is 10.5. The summed E-state index contributed by atoms with van der Waals surface area (Å²) in [5, 5.41) is 6.30. The number of pyridine rings is 1. The number of anilines is 2. The van der Waals surface area contributed by atoms with Crippen LogP contribution in [0.4, 0.5) is 11.4 Å². The fourth-order valence-corrected chi connectivity index (χ4v) is 3.97. The molecule has 6 nitrogen and oxygen atoms in total. The number of aryl methyl sites for hydroxylation is 3. The average Bonchev–Trinajstić information content (AvgIpc) is 2.74. The molecule has 160 valence electrons. The van der Waals surface area contributed by atoms with Crippen LogP contribution in [0.5, 0.6) is 5.75 Å². The first-order chi connectivity index (χ1) is 14.9. The molecule has 0 fully saturated rings. The Bertz CT molecular complexity index is 1080. The third-order valence-electron chi connectivity index (χ3n) is 4.56. The number of ether oxygens (including phenoxy) is 1. The Balaban J connectivity index is 1.71. The zero-order valence-electron chi connectivity index (χ0n) is 18.0. The van der Waals surface area contributed by atoms with Crippen LogP contribution in [0, 0.1) is 20.8 Å². The number of nitrogens with one attached hydrogen (secondary N) is 2. The lowest BCUT2D eigenvalue weighted by Crippen LogP contribution is -2.18. The second kappa shape index (κ2) is 10.1. The quantitative estimate of drug-likeness (QED) is 0.511. The Morgan fingerprint density at radius 1 is 0.935 bits per heavy atom. The first-order valence-corrected chi connectivity index (χ1v) is 10.8. The van der Waals surface area contributed by atoms with Crippen molar-refractivity contribution in [1.82, 2.24) is 4.98 Å². The largest absolute Gasteiger partial charge is 0.497 e. The Morgan fingerprint density at radius 3 is 2.19 bits per heavy atom. The van der Waals surface area contributed by atoms with Gasteiger partial charge in [-0.1, -0.05) is 29.5 Å². The fraction of sp³-hybridized carbons (Fsp3) is 0.208. The predicted molar refractivity (Wildman–Crippen MR) is 125 cm³/mol. The van der Waals surface area contributed by atoms with Crippen molar-refractivity contribution in [3.05, 3.63) is 77.0 Å². The van der Waals surface area contributed by atoms with E-state index >= 15 is 0 Å². The number of amides is 2. The van der Waals surface area contributed by atoms with E-state index in [2.05, 4.69) is 15.6 Å². The molecule has 0 aliphatic carbocycles. The highest BCUT2D eigenvalue weighted by atomic mass is 32.2. The summed E-state index contributed by atoms with van der Waals surface area (Å²) in [4.78, 5) is 29.9. The van der Waals surface area contributed by atoms with Crippen LogP contribution in [-0.2, 0) is 4.79 Å². The summed E-state index contributed by atoms with van der Waals surface area (Å²) in [5.41, 5.74) is 4.59. The first-order valence-electron chi connectivity index (χ1n) is 9.78. The number of rotatable bonds is 7. The lowest BCUT2D eigenvalue weighted by Gasteiger charge is -2.13. The van der Waals surface area contributed by atoms with Gasteiger partial charge in [0, 0.05) is 17.1 Å². The maximum atomic E-state index is 13.0. The van der Waals surface area contributed by atoms with Crippen molar-refractivity contribution in [3.8, 4) is 5.75 Å². The lowest BCUT2D eigenvalue weighted by molar-refractivity contribution is -0.113. The summed E-state index contributed by atoms with van der Waals surface area (Å²) in [6.45, 7) is 5.74. The van der Waals surface area contributed by atoms with Crippen molar-refractivity contribution >= 4 is 35.0 Å². The predicted octanol–water partition coefficient (Wildman–Crippen LogP) is 5.00. The Kier molecular flexibility index (Phi) is 7.31. The zero-order chi connectivity index (χ0) is 22.4. The standard InChI is InChI=1S/C24H25N3O3S/c1-15-5-7-19(8-6-15)27-23(29)22-16(2)13-17(3)25-24(22)31-14-21(28)26-18-9-11-20(30-4)12-10-18/h5-13H,14H2,1-4H3,(H,26,28)(H,27,29). The van der Waals surface area contributed by atoms with Gasteiger partial charge in [0.05, 0.1) is 18.4 Å². The monoisotopic (exact) mass is 435 g/mol. The number of aromatic nitrogens is 1. The van der Waals surface area contributed by atoms with Crippen molar-refractivity contribution in [3.63, 3.8) is 0 Å². The molecule has 2 amide bonds. The molecule has 0 radical (unpaired) electrons. The maximum Gasteiger partial charge on any atom is 0.258 e. The number of carbonyl (C=O) groups is 2. The van der Waals surface area contributed by atoms with Crippen LogP contribution in [0.2, 0.25) is 0 Å². The average molecular weight is 436 g/mol. The van der Waals surface area contributed by atoms with E-state index in [9.17, 15) is 9.59 Å². The number of thioether (sulfide) groups is 1. The molecule has 1 aromatic heterocycles. The van der Waals surface area contributed by atoms with Crippen LogP contribution in [0.3, 0.4) is 0 Å². The third kappa shape index (κ3) is 6.08. The molecule has 31 heavy (non-hydrogen) atoms. The number of hydrogen-bond donors (Lipinski definition) is 2. The topological polar surface area (TPSA) is 80.3 Å². The molecule has 0 saturated carbocycles. The molecule has 1 heterocycles. The van der Waals surface area contributed by atoms with Gasteiger partial charge < -0.3 is 15.4 Å². The smallest absolute Gasteiger partial charge is 0.258 e. The van der Waals surface area contributed by atoms with E-state index in [0.29, 0.717) is 22.0 Å². The van der Waals surface area contributed by atoms with Gasteiger partial charge in [0.15, 0.2) is 0 Å². The van der Waals surface area contributed by atoms with Crippen LogP contribution < -0.4 is 15.4 Å². The molecule has 0 unspecified atom stereocenters. The highest BCUT2D eigenvalue weighted by molar-refractivity contribution is 8.00. The fourth-order valence-electron chi connectivity index (χ4n) is 3.02. The summed E-state index contributed by atoms with van der Waals surface area (Å²) < 4.78 is 5.12. The molecule has 2 aromatic carbocycles. The summed E-state index contributed by atoms with van der Waals surface area (Å²) in [6.07, 6.45) is 0. The first kappa shape index (κ1) is 22.4. The lowest BCUT2D eigenvalue weighted by atomic mass is 10.1. The number of methoxy groups -OCH3 is 1. The molecular weight excluding hydrogens is 410 g/mol. The minimum atomic E-state index is -0.244. The van der Waals surface area contributed by atoms with Crippen LogP contribution >= 0.6 is 11.8 Å². The third-order valence-corrected chi connectivity index (χ3v) is 5.54. The molecule has 0 bridgehead atoms. The van der Waals surface area contributed by atoms with E-state index in [1.165, 1.54) is 11.8 Å². The molecule has 0 atom stereocenters. The van der Waals surface area contributed by atoms with Gasteiger partial charge in [0.2, 0.25) is 5.91 Å². The molecule has 7 heteroatoms. The van der Waals surface area contributed by atoms with Crippen LogP contribution in [0.1, 0.15) is 27.2 Å². The van der Waals surface area contributed by atoms with Gasteiger partial charge in [0.1, 0.15) is 10.8 Å². The molecule has 2 N–H and O–H groups in total. The van der Waals surface area contributed by atoms with Gasteiger partial charge in [-0.05, 0) is 68.8 Å². The van der Waals surface area contributed by atoms with E-state index in [1.807, 2.05) is 51.1 Å². The number of nitrogens with zero attached hydrogens (tertiary/aromatic N) is 1. The summed E-state index contributed by atoms with van der Waals surface area (Å²) in [7, 11) is 1.59. The molecule has 3 aromatic rings. The Hall–Kier alpha value is -3.32. The van der Waals surface area contributed by atoms with Gasteiger partial charge in [0.25, 0.3) is 5.91 Å². The van der Waals surface area contributed by atoms with Crippen molar-refractivity contribution in [2.75, 3.05) is 23.5 Å². The van der Waals surface area contributed by atoms with Gasteiger partial charge in [-0.2, -0.15) is 0 Å². The van der Waals surface area contributed by atoms with Crippen LogP contribution in [-0.4, -0.2) is 29.7 Å². The Labute approximate surface area is 186 Å². The van der Waals surface area contributed by atoms with E-state index in [4.69, 9.17) is 4.74 Å². The van der Waals surface area contributed by atoms with E-state index in [-0.39, 0.29) is 17.6 Å². The van der Waals surface area contributed by atoms with E-state index in [1.54, 1.807) is 31.4 Å². The van der Waals surface area contributed by atoms with Gasteiger partial charge >= 0.3 is 0 Å². The van der Waals surface area contributed by atoms with Gasteiger partial charge in [-0.25, -0.2) is 4.98 Å².